The molecule has 2 aromatic rings. The van der Waals surface area contributed by atoms with Crippen LogP contribution in [0.5, 0.6) is 0 Å². The fourth-order valence-electron chi connectivity index (χ4n) is 1.40. The Balaban J connectivity index is 2.46. The summed E-state index contributed by atoms with van der Waals surface area (Å²) in [5.74, 6) is 2.61. The van der Waals surface area contributed by atoms with Crippen LogP contribution < -0.4 is 0 Å². The number of aromatic nitrogens is 1. The monoisotopic (exact) mass is 193 g/mol. The van der Waals surface area contributed by atoms with Crippen LogP contribution in [0.3, 0.4) is 0 Å². The lowest BCUT2D eigenvalue weighted by Gasteiger charge is -2.01. The number of aryl methyl sites for hydroxylation is 1. The maximum absolute atomic E-state index is 5.34. The van der Waals surface area contributed by atoms with Crippen LogP contribution in [0.25, 0.3) is 11.3 Å². The number of hydrogen-bond acceptors (Lipinski definition) is 1. The van der Waals surface area contributed by atoms with Gasteiger partial charge in [-0.1, -0.05) is 35.7 Å². The Morgan fingerprint density at radius 3 is 2.53 bits per heavy atom. The Labute approximate surface area is 89.8 Å². The van der Waals surface area contributed by atoms with Gasteiger partial charge in [-0.2, -0.15) is 0 Å². The second kappa shape index (κ2) is 3.98. The minimum atomic E-state index is 0.862. The summed E-state index contributed by atoms with van der Waals surface area (Å²) in [5, 5.41) is 0. The minimum absolute atomic E-state index is 0.862. The summed E-state index contributed by atoms with van der Waals surface area (Å²) in [7, 11) is 0. The Kier molecular flexibility index (Phi) is 2.51. The molecule has 1 aromatic heterocycles. The summed E-state index contributed by atoms with van der Waals surface area (Å²) in [4.78, 5) is 4.29. The van der Waals surface area contributed by atoms with Gasteiger partial charge in [0.05, 0.1) is 5.69 Å². The zero-order valence-electron chi connectivity index (χ0n) is 8.57. The molecule has 0 aliphatic heterocycles. The van der Waals surface area contributed by atoms with Gasteiger partial charge >= 0.3 is 0 Å². The van der Waals surface area contributed by atoms with Crippen LogP contribution >= 0.6 is 0 Å². The Morgan fingerprint density at radius 1 is 1.13 bits per heavy atom. The predicted molar refractivity (Wildman–Crippen MR) is 62.3 cm³/mol. The van der Waals surface area contributed by atoms with Crippen molar-refractivity contribution in [2.24, 2.45) is 0 Å². The van der Waals surface area contributed by atoms with Gasteiger partial charge in [-0.3, -0.25) is 4.98 Å². The van der Waals surface area contributed by atoms with Gasteiger partial charge in [0, 0.05) is 17.3 Å². The number of nitrogens with zero attached hydrogens (tertiary/aromatic N) is 1. The van der Waals surface area contributed by atoms with Gasteiger partial charge in [0.1, 0.15) is 0 Å². The molecular formula is C14H11N. The van der Waals surface area contributed by atoms with Crippen molar-refractivity contribution in [3.05, 3.63) is 53.7 Å². The van der Waals surface area contributed by atoms with Crippen LogP contribution in [-0.4, -0.2) is 4.98 Å². The maximum atomic E-state index is 5.34. The highest BCUT2D eigenvalue weighted by Gasteiger charge is 1.98. The van der Waals surface area contributed by atoms with Gasteiger partial charge in [0.25, 0.3) is 0 Å². The molecule has 72 valence electrons. The molecule has 0 aliphatic carbocycles. The van der Waals surface area contributed by atoms with Crippen molar-refractivity contribution in [3.8, 4) is 23.6 Å². The third-order valence-corrected chi connectivity index (χ3v) is 2.27. The molecule has 0 radical (unpaired) electrons. The zero-order valence-corrected chi connectivity index (χ0v) is 8.57. The molecule has 0 saturated carbocycles. The number of hydrogen-bond donors (Lipinski definition) is 0. The first-order valence-corrected chi connectivity index (χ1v) is 4.79. The van der Waals surface area contributed by atoms with E-state index in [2.05, 4.69) is 42.1 Å². The first-order valence-electron chi connectivity index (χ1n) is 4.79. The fourth-order valence-corrected chi connectivity index (χ4v) is 1.40. The predicted octanol–water partition coefficient (Wildman–Crippen LogP) is 3.04. The Hall–Kier alpha value is -2.07. The van der Waals surface area contributed by atoms with Crippen LogP contribution in [0, 0.1) is 19.3 Å². The molecule has 0 N–H and O–H groups in total. The van der Waals surface area contributed by atoms with E-state index in [1.54, 1.807) is 6.20 Å². The SMILES string of the molecule is C#Cc1ccnc(-c2ccc(C)cc2)c1. The number of terminal acetylenes is 1. The van der Waals surface area contributed by atoms with E-state index in [0.29, 0.717) is 0 Å². The van der Waals surface area contributed by atoms with Crippen LogP contribution in [0.1, 0.15) is 11.1 Å². The number of rotatable bonds is 1. The lowest BCUT2D eigenvalue weighted by Crippen LogP contribution is -1.84. The molecule has 0 saturated heterocycles. The molecule has 1 heterocycles. The summed E-state index contributed by atoms with van der Waals surface area (Å²) in [6.45, 7) is 2.06. The molecule has 0 unspecified atom stereocenters. The molecule has 0 atom stereocenters. The molecular weight excluding hydrogens is 182 g/mol. The highest BCUT2D eigenvalue weighted by Crippen LogP contribution is 2.17. The topological polar surface area (TPSA) is 12.9 Å². The summed E-state index contributed by atoms with van der Waals surface area (Å²) in [6.07, 6.45) is 7.08. The fraction of sp³-hybridized carbons (Fsp3) is 0.0714. The van der Waals surface area contributed by atoms with Crippen molar-refractivity contribution < 1.29 is 0 Å². The molecule has 0 spiro atoms. The van der Waals surface area contributed by atoms with Gasteiger partial charge < -0.3 is 0 Å². The summed E-state index contributed by atoms with van der Waals surface area (Å²) < 4.78 is 0. The van der Waals surface area contributed by atoms with E-state index >= 15 is 0 Å². The Morgan fingerprint density at radius 2 is 1.87 bits per heavy atom. The van der Waals surface area contributed by atoms with Crippen LogP contribution in [0.2, 0.25) is 0 Å². The van der Waals surface area contributed by atoms with Gasteiger partial charge in [0.15, 0.2) is 0 Å². The van der Waals surface area contributed by atoms with E-state index in [9.17, 15) is 0 Å². The van der Waals surface area contributed by atoms with Crippen molar-refractivity contribution in [3.63, 3.8) is 0 Å². The number of pyridine rings is 1. The molecule has 0 aliphatic rings. The molecule has 0 fully saturated rings. The highest BCUT2D eigenvalue weighted by atomic mass is 14.7. The third kappa shape index (κ3) is 2.05. The third-order valence-electron chi connectivity index (χ3n) is 2.27. The lowest BCUT2D eigenvalue weighted by molar-refractivity contribution is 1.31. The van der Waals surface area contributed by atoms with Crippen LogP contribution in [0.15, 0.2) is 42.6 Å². The summed E-state index contributed by atoms with van der Waals surface area (Å²) in [5.41, 5.74) is 4.12. The summed E-state index contributed by atoms with van der Waals surface area (Å²) in [6, 6.07) is 12.0. The standard InChI is InChI=1S/C14H11N/c1-3-12-8-9-15-14(10-12)13-6-4-11(2)5-7-13/h1,4-10H,2H3. The average Bonchev–Trinajstić information content (AvgIpc) is 2.30. The van der Waals surface area contributed by atoms with Crippen molar-refractivity contribution in [2.75, 3.05) is 0 Å². The normalized spacial score (nSPS) is 9.60. The van der Waals surface area contributed by atoms with Crippen LogP contribution in [0.4, 0.5) is 0 Å². The molecule has 1 aromatic carbocycles. The van der Waals surface area contributed by atoms with Gasteiger partial charge in [-0.25, -0.2) is 0 Å². The van der Waals surface area contributed by atoms with E-state index in [1.165, 1.54) is 5.56 Å². The van der Waals surface area contributed by atoms with E-state index in [4.69, 9.17) is 6.42 Å². The molecule has 0 amide bonds. The molecule has 2 rings (SSSR count). The van der Waals surface area contributed by atoms with Gasteiger partial charge in [0.2, 0.25) is 0 Å². The van der Waals surface area contributed by atoms with Crippen molar-refractivity contribution in [1.29, 1.82) is 0 Å². The van der Waals surface area contributed by atoms with E-state index in [-0.39, 0.29) is 0 Å². The first-order chi connectivity index (χ1) is 7.29. The molecule has 15 heavy (non-hydrogen) atoms. The quantitative estimate of drug-likeness (QED) is 0.634. The molecule has 0 bridgehead atoms. The average molecular weight is 193 g/mol. The van der Waals surface area contributed by atoms with Gasteiger partial charge in [-0.05, 0) is 19.1 Å². The first kappa shape index (κ1) is 9.48. The van der Waals surface area contributed by atoms with E-state index in [1.807, 2.05) is 12.1 Å². The van der Waals surface area contributed by atoms with Crippen molar-refractivity contribution in [1.82, 2.24) is 4.98 Å². The molecule has 1 heteroatoms. The largest absolute Gasteiger partial charge is 0.256 e. The second-order valence-electron chi connectivity index (χ2n) is 3.44. The highest BCUT2D eigenvalue weighted by molar-refractivity contribution is 5.61. The van der Waals surface area contributed by atoms with Gasteiger partial charge in [-0.15, -0.1) is 6.42 Å². The smallest absolute Gasteiger partial charge is 0.0714 e. The van der Waals surface area contributed by atoms with Crippen molar-refractivity contribution in [2.45, 2.75) is 6.92 Å². The second-order valence-corrected chi connectivity index (χ2v) is 3.44. The molecule has 1 nitrogen and oxygen atoms in total. The van der Waals surface area contributed by atoms with Crippen LogP contribution in [-0.2, 0) is 0 Å². The Bertz CT molecular complexity index is 504. The lowest BCUT2D eigenvalue weighted by atomic mass is 10.1. The van der Waals surface area contributed by atoms with Crippen molar-refractivity contribution >= 4 is 0 Å². The summed E-state index contributed by atoms with van der Waals surface area (Å²) >= 11 is 0. The minimum Gasteiger partial charge on any atom is -0.256 e. The maximum Gasteiger partial charge on any atom is 0.0714 e. The van der Waals surface area contributed by atoms with E-state index < -0.39 is 0 Å². The number of benzene rings is 1. The zero-order chi connectivity index (χ0) is 10.7. The van der Waals surface area contributed by atoms with E-state index in [0.717, 1.165) is 16.8 Å².